The maximum Gasteiger partial charge on any atom is 0.332 e. The zero-order valence-corrected chi connectivity index (χ0v) is 19.1. The smallest absolute Gasteiger partial charge is 0.332 e. The van der Waals surface area contributed by atoms with Crippen molar-refractivity contribution in [2.75, 3.05) is 25.6 Å². The first-order valence-corrected chi connectivity index (χ1v) is 11.1. The monoisotopic (exact) mass is 451 g/mol. The number of hydrogen-bond donors (Lipinski definition) is 1. The minimum Gasteiger partial charge on any atom is -0.494 e. The van der Waals surface area contributed by atoms with E-state index in [0.29, 0.717) is 41.5 Å². The fraction of sp³-hybridized carbons (Fsp3) is 0.292. The van der Waals surface area contributed by atoms with Gasteiger partial charge >= 0.3 is 5.97 Å². The van der Waals surface area contributed by atoms with Gasteiger partial charge in [0, 0.05) is 23.1 Å². The first kappa shape index (κ1) is 23.1. The summed E-state index contributed by atoms with van der Waals surface area (Å²) in [5.41, 5.74) is 4.71. The van der Waals surface area contributed by atoms with Gasteiger partial charge in [-0.05, 0) is 55.8 Å². The third-order valence-electron chi connectivity index (χ3n) is 4.75. The van der Waals surface area contributed by atoms with Gasteiger partial charge in [0.25, 0.3) is 0 Å². The largest absolute Gasteiger partial charge is 0.494 e. The molecule has 32 heavy (non-hydrogen) atoms. The van der Waals surface area contributed by atoms with Crippen LogP contribution in [0.1, 0.15) is 34.7 Å². The van der Waals surface area contributed by atoms with E-state index in [1.54, 1.807) is 47.7 Å². The summed E-state index contributed by atoms with van der Waals surface area (Å²) in [4.78, 5) is 18.0. The van der Waals surface area contributed by atoms with E-state index in [2.05, 4.69) is 16.4 Å². The highest BCUT2D eigenvalue weighted by Crippen LogP contribution is 2.30. The van der Waals surface area contributed by atoms with E-state index in [1.807, 2.05) is 25.4 Å². The number of esters is 1. The molecule has 0 fully saturated rings. The third-order valence-corrected chi connectivity index (χ3v) is 5.75. The highest BCUT2D eigenvalue weighted by Gasteiger charge is 2.23. The molecule has 0 spiro atoms. The number of nitrogens with zero attached hydrogens (tertiary/aromatic N) is 2. The molecule has 3 rings (SSSR count). The Kier molecular flexibility index (Phi) is 8.06. The van der Waals surface area contributed by atoms with E-state index in [9.17, 15) is 4.79 Å². The maximum atomic E-state index is 12.6. The number of methoxy groups -OCH3 is 1. The van der Waals surface area contributed by atoms with Gasteiger partial charge in [-0.3, -0.25) is 0 Å². The lowest BCUT2D eigenvalue weighted by Crippen LogP contribution is -2.22. The average molecular weight is 452 g/mol. The van der Waals surface area contributed by atoms with Gasteiger partial charge < -0.3 is 19.5 Å². The predicted molar refractivity (Wildman–Crippen MR) is 123 cm³/mol. The number of nitriles is 1. The van der Waals surface area contributed by atoms with Crippen LogP contribution in [0, 0.1) is 18.3 Å². The molecule has 0 saturated heterocycles. The van der Waals surface area contributed by atoms with Crippen molar-refractivity contribution in [1.82, 2.24) is 4.98 Å². The number of rotatable bonds is 10. The number of ether oxygens (including phenoxy) is 3. The molecule has 166 valence electrons. The lowest BCUT2D eigenvalue weighted by atomic mass is 10.1. The molecule has 1 unspecified atom stereocenters. The van der Waals surface area contributed by atoms with Crippen molar-refractivity contribution in [3.05, 3.63) is 69.7 Å². The van der Waals surface area contributed by atoms with Gasteiger partial charge in [-0.25, -0.2) is 9.78 Å². The predicted octanol–water partition coefficient (Wildman–Crippen LogP) is 4.67. The number of thiazole rings is 1. The number of nitrogens with one attached hydrogen (secondary N) is 1. The number of benzene rings is 2. The molecule has 1 N–H and O–H groups in total. The highest BCUT2D eigenvalue weighted by molar-refractivity contribution is 7.09. The van der Waals surface area contributed by atoms with E-state index in [4.69, 9.17) is 19.5 Å². The summed E-state index contributed by atoms with van der Waals surface area (Å²) in [6.45, 7) is 4.83. The molecule has 3 aromatic rings. The number of carbonyl (C=O) groups excluding carboxylic acids is 1. The van der Waals surface area contributed by atoms with Crippen LogP contribution in [0.15, 0.2) is 48.0 Å². The lowest BCUT2D eigenvalue weighted by molar-refractivity contribution is -0.141. The lowest BCUT2D eigenvalue weighted by Gasteiger charge is -2.20. The molecule has 0 aliphatic carbocycles. The number of aryl methyl sites for hydroxylation is 1. The summed E-state index contributed by atoms with van der Waals surface area (Å²) >= 11 is 1.61. The van der Waals surface area contributed by atoms with Crippen LogP contribution in [0.3, 0.4) is 0 Å². The Bertz CT molecular complexity index is 1090. The van der Waals surface area contributed by atoms with Crippen LogP contribution >= 0.6 is 11.3 Å². The summed E-state index contributed by atoms with van der Waals surface area (Å²) in [5, 5.41) is 12.2. The third kappa shape index (κ3) is 5.99. The van der Waals surface area contributed by atoms with Crippen LogP contribution < -0.4 is 14.8 Å². The van der Waals surface area contributed by atoms with Crippen LogP contribution in [0.5, 0.6) is 11.5 Å². The Labute approximate surface area is 191 Å². The molecule has 1 heterocycles. The van der Waals surface area contributed by atoms with Gasteiger partial charge in [-0.2, -0.15) is 5.26 Å². The Balaban J connectivity index is 1.84. The number of carbonyl (C=O) groups is 1. The molecule has 0 bridgehead atoms. The van der Waals surface area contributed by atoms with Crippen molar-refractivity contribution in [2.45, 2.75) is 26.3 Å². The number of hydrogen-bond acceptors (Lipinski definition) is 8. The fourth-order valence-corrected chi connectivity index (χ4v) is 3.89. The topological polar surface area (TPSA) is 93.5 Å². The van der Waals surface area contributed by atoms with Crippen molar-refractivity contribution in [1.29, 1.82) is 5.26 Å². The molecule has 0 saturated carbocycles. The van der Waals surface area contributed by atoms with Crippen LogP contribution in [-0.4, -0.2) is 31.3 Å². The van der Waals surface area contributed by atoms with E-state index in [-0.39, 0.29) is 0 Å². The first-order valence-electron chi connectivity index (χ1n) is 10.2. The van der Waals surface area contributed by atoms with Crippen LogP contribution in [0.2, 0.25) is 0 Å². The summed E-state index contributed by atoms with van der Waals surface area (Å²) < 4.78 is 16.7. The SMILES string of the molecule is CCOc1cc(OCCc2scnc2C)cc(C(Nc2ccc(C#N)cc2)C(=O)OC)c1. The van der Waals surface area contributed by atoms with Gasteiger partial charge in [0.2, 0.25) is 0 Å². The summed E-state index contributed by atoms with van der Waals surface area (Å²) in [7, 11) is 1.34. The highest BCUT2D eigenvalue weighted by atomic mass is 32.1. The van der Waals surface area contributed by atoms with Crippen LogP contribution in [-0.2, 0) is 16.0 Å². The molecule has 2 aromatic carbocycles. The molecule has 1 atom stereocenters. The molecule has 8 heteroatoms. The molecular weight excluding hydrogens is 426 g/mol. The quantitative estimate of drug-likeness (QED) is 0.448. The van der Waals surface area contributed by atoms with Crippen LogP contribution in [0.4, 0.5) is 5.69 Å². The van der Waals surface area contributed by atoms with E-state index >= 15 is 0 Å². The van der Waals surface area contributed by atoms with Crippen molar-refractivity contribution in [3.63, 3.8) is 0 Å². The molecule has 0 aliphatic rings. The van der Waals surface area contributed by atoms with Gasteiger partial charge in [-0.15, -0.1) is 11.3 Å². The second-order valence-electron chi connectivity index (χ2n) is 6.92. The first-order chi connectivity index (χ1) is 15.5. The van der Waals surface area contributed by atoms with E-state index in [1.165, 1.54) is 12.0 Å². The molecule has 7 nitrogen and oxygen atoms in total. The Hall–Kier alpha value is -3.57. The zero-order valence-electron chi connectivity index (χ0n) is 18.3. The van der Waals surface area contributed by atoms with Crippen LogP contribution in [0.25, 0.3) is 0 Å². The van der Waals surface area contributed by atoms with Crippen molar-refractivity contribution in [3.8, 4) is 17.6 Å². The summed E-state index contributed by atoms with van der Waals surface area (Å²) in [5.74, 6) is 0.752. The summed E-state index contributed by atoms with van der Waals surface area (Å²) in [6.07, 6.45) is 0.745. The van der Waals surface area contributed by atoms with Gasteiger partial charge in [0.15, 0.2) is 6.04 Å². The zero-order chi connectivity index (χ0) is 22.9. The second kappa shape index (κ2) is 11.2. The molecule has 1 aromatic heterocycles. The fourth-order valence-electron chi connectivity index (χ4n) is 3.13. The number of anilines is 1. The van der Waals surface area contributed by atoms with E-state index in [0.717, 1.165) is 12.1 Å². The normalized spacial score (nSPS) is 11.3. The number of aromatic nitrogens is 1. The Morgan fingerprint density at radius 2 is 1.91 bits per heavy atom. The van der Waals surface area contributed by atoms with Crippen molar-refractivity contribution < 1.29 is 19.0 Å². The maximum absolute atomic E-state index is 12.6. The molecule has 0 aliphatic heterocycles. The van der Waals surface area contributed by atoms with Crippen molar-refractivity contribution in [2.24, 2.45) is 0 Å². The summed E-state index contributed by atoms with van der Waals surface area (Å²) in [6, 6.07) is 13.6. The van der Waals surface area contributed by atoms with Gasteiger partial charge in [-0.1, -0.05) is 0 Å². The van der Waals surface area contributed by atoms with E-state index < -0.39 is 12.0 Å². The molecule has 0 radical (unpaired) electrons. The Morgan fingerprint density at radius 1 is 1.19 bits per heavy atom. The minimum atomic E-state index is -0.778. The molecular formula is C24H25N3O4S. The van der Waals surface area contributed by atoms with Crippen molar-refractivity contribution >= 4 is 23.0 Å². The minimum absolute atomic E-state index is 0.450. The second-order valence-corrected chi connectivity index (χ2v) is 7.86. The average Bonchev–Trinajstić information content (AvgIpc) is 3.22. The Morgan fingerprint density at radius 3 is 2.50 bits per heavy atom. The van der Waals surface area contributed by atoms with Gasteiger partial charge in [0.05, 0.1) is 43.2 Å². The molecule has 0 amide bonds. The standard InChI is InChI=1S/C24H25N3O4S/c1-4-30-20-11-18(12-21(13-20)31-10-9-22-16(2)26-15-32-22)23(24(28)29-3)27-19-7-5-17(14-25)6-8-19/h5-8,11-13,15,23,27H,4,9-10H2,1-3H3. The van der Waals surface area contributed by atoms with Gasteiger partial charge in [0.1, 0.15) is 11.5 Å².